The SMILES string of the molecule is Cc1ccc(C2=NN(C(=O)CN(CCN3CCOCC3)C(=O)c3ccccc3Cl)[C@@H](c3ccc(F)cc3)C2)cc1C. The summed E-state index contributed by atoms with van der Waals surface area (Å²) >= 11 is 6.38. The molecular weight excluding hydrogens is 543 g/mol. The number of amides is 2. The van der Waals surface area contributed by atoms with Crippen LogP contribution in [0.2, 0.25) is 5.02 Å². The second-order valence-electron chi connectivity index (χ2n) is 10.5. The van der Waals surface area contributed by atoms with Gasteiger partial charge in [0.25, 0.3) is 11.8 Å². The van der Waals surface area contributed by atoms with Crippen molar-refractivity contribution in [2.24, 2.45) is 5.10 Å². The lowest BCUT2D eigenvalue weighted by atomic mass is 9.96. The molecule has 0 N–H and O–H groups in total. The van der Waals surface area contributed by atoms with Crippen LogP contribution in [-0.2, 0) is 9.53 Å². The molecular formula is C32H34ClFN4O3. The lowest BCUT2D eigenvalue weighted by molar-refractivity contribution is -0.133. The molecule has 0 radical (unpaired) electrons. The average Bonchev–Trinajstić information content (AvgIpc) is 3.43. The van der Waals surface area contributed by atoms with E-state index in [1.165, 1.54) is 22.7 Å². The highest BCUT2D eigenvalue weighted by atomic mass is 35.5. The minimum Gasteiger partial charge on any atom is -0.379 e. The van der Waals surface area contributed by atoms with Crippen molar-refractivity contribution >= 4 is 29.1 Å². The van der Waals surface area contributed by atoms with Gasteiger partial charge < -0.3 is 9.64 Å². The summed E-state index contributed by atoms with van der Waals surface area (Å²) in [5, 5.41) is 6.57. The van der Waals surface area contributed by atoms with E-state index in [-0.39, 0.29) is 24.2 Å². The molecule has 2 aliphatic rings. The zero-order chi connectivity index (χ0) is 28.9. The molecule has 1 fully saturated rings. The third-order valence-electron chi connectivity index (χ3n) is 7.77. The Hall–Kier alpha value is -3.59. The molecule has 2 heterocycles. The van der Waals surface area contributed by atoms with E-state index in [0.717, 1.165) is 35.5 Å². The molecule has 1 atom stereocenters. The summed E-state index contributed by atoms with van der Waals surface area (Å²) in [5.74, 6) is -0.979. The summed E-state index contributed by atoms with van der Waals surface area (Å²) in [6, 6.07) is 18.7. The minimum absolute atomic E-state index is 0.171. The molecule has 3 aromatic carbocycles. The highest BCUT2D eigenvalue weighted by Gasteiger charge is 2.35. The van der Waals surface area contributed by atoms with Crippen LogP contribution in [0.15, 0.2) is 71.8 Å². The van der Waals surface area contributed by atoms with Gasteiger partial charge in [0.05, 0.1) is 35.6 Å². The monoisotopic (exact) mass is 576 g/mol. The number of aryl methyl sites for hydroxylation is 2. The number of morpholine rings is 1. The summed E-state index contributed by atoms with van der Waals surface area (Å²) in [6.45, 7) is 7.69. The van der Waals surface area contributed by atoms with Gasteiger partial charge in [0.15, 0.2) is 0 Å². The number of carbonyl (C=O) groups excluding carboxylic acids is 2. The minimum atomic E-state index is -0.420. The van der Waals surface area contributed by atoms with Gasteiger partial charge >= 0.3 is 0 Å². The first-order chi connectivity index (χ1) is 19.8. The van der Waals surface area contributed by atoms with Gasteiger partial charge in [0.1, 0.15) is 12.4 Å². The number of nitrogens with zero attached hydrogens (tertiary/aromatic N) is 4. The van der Waals surface area contributed by atoms with Crippen LogP contribution in [0.25, 0.3) is 0 Å². The van der Waals surface area contributed by atoms with Crippen LogP contribution in [0.4, 0.5) is 4.39 Å². The third kappa shape index (κ3) is 6.84. The molecule has 214 valence electrons. The number of halogens is 2. The van der Waals surface area contributed by atoms with Gasteiger partial charge in [-0.15, -0.1) is 0 Å². The maximum absolute atomic E-state index is 14.0. The standard InChI is InChI=1S/C32H34ClFN4O3/c1-22-7-8-25(19-23(22)2)29-20-30(24-9-11-26(34)12-10-24)38(35-29)31(39)21-37(14-13-36-15-17-41-18-16-36)32(40)27-5-3-4-6-28(27)33/h3-12,19,30H,13-18,20-21H2,1-2H3/t30-/m1/s1. The normalized spacial score (nSPS) is 17.4. The highest BCUT2D eigenvalue weighted by Crippen LogP contribution is 2.33. The van der Waals surface area contributed by atoms with Crippen LogP contribution in [0, 0.1) is 19.7 Å². The fraction of sp³-hybridized carbons (Fsp3) is 0.344. The fourth-order valence-corrected chi connectivity index (χ4v) is 5.38. The predicted molar refractivity (Wildman–Crippen MR) is 158 cm³/mol. The predicted octanol–water partition coefficient (Wildman–Crippen LogP) is 5.25. The van der Waals surface area contributed by atoms with E-state index >= 15 is 0 Å². The van der Waals surface area contributed by atoms with Crippen molar-refractivity contribution in [3.05, 3.63) is 105 Å². The molecule has 0 aliphatic carbocycles. The number of ether oxygens (including phenoxy) is 1. The van der Waals surface area contributed by atoms with Crippen molar-refractivity contribution < 1.29 is 18.7 Å². The van der Waals surface area contributed by atoms with Crippen LogP contribution in [0.5, 0.6) is 0 Å². The summed E-state index contributed by atoms with van der Waals surface area (Å²) in [6.07, 6.45) is 0.478. The Bertz CT molecular complexity index is 1440. The Morgan fingerprint density at radius 1 is 1.02 bits per heavy atom. The van der Waals surface area contributed by atoms with Crippen molar-refractivity contribution in [2.45, 2.75) is 26.3 Å². The first kappa shape index (κ1) is 28.9. The molecule has 0 spiro atoms. The Balaban J connectivity index is 1.43. The molecule has 2 aliphatic heterocycles. The molecule has 0 saturated carbocycles. The number of carbonyl (C=O) groups is 2. The number of rotatable bonds is 8. The van der Waals surface area contributed by atoms with E-state index in [2.05, 4.69) is 11.0 Å². The number of benzene rings is 3. The van der Waals surface area contributed by atoms with Crippen LogP contribution in [0.1, 0.15) is 45.1 Å². The molecule has 0 unspecified atom stereocenters. The molecule has 2 amide bonds. The van der Waals surface area contributed by atoms with Gasteiger partial charge in [-0.25, -0.2) is 9.40 Å². The Labute approximate surface area is 245 Å². The third-order valence-corrected chi connectivity index (χ3v) is 8.10. The van der Waals surface area contributed by atoms with E-state index in [0.29, 0.717) is 43.3 Å². The molecule has 1 saturated heterocycles. The molecule has 3 aromatic rings. The molecule has 41 heavy (non-hydrogen) atoms. The summed E-state index contributed by atoms with van der Waals surface area (Å²) in [5.41, 5.74) is 5.14. The van der Waals surface area contributed by atoms with E-state index in [1.54, 1.807) is 41.3 Å². The van der Waals surface area contributed by atoms with Gasteiger partial charge in [0.2, 0.25) is 0 Å². The smallest absolute Gasteiger partial charge is 0.262 e. The first-order valence-electron chi connectivity index (χ1n) is 13.9. The Morgan fingerprint density at radius 2 is 1.76 bits per heavy atom. The van der Waals surface area contributed by atoms with Gasteiger partial charge in [0, 0.05) is 32.6 Å². The van der Waals surface area contributed by atoms with Crippen molar-refractivity contribution in [2.75, 3.05) is 45.9 Å². The zero-order valence-corrected chi connectivity index (χ0v) is 24.1. The molecule has 0 aromatic heterocycles. The molecule has 5 rings (SSSR count). The van der Waals surface area contributed by atoms with Crippen molar-refractivity contribution in [1.82, 2.24) is 14.8 Å². The van der Waals surface area contributed by atoms with Crippen molar-refractivity contribution in [1.29, 1.82) is 0 Å². The fourth-order valence-electron chi connectivity index (χ4n) is 5.16. The maximum Gasteiger partial charge on any atom is 0.262 e. The number of hydrogen-bond donors (Lipinski definition) is 0. The number of hydrazone groups is 1. The van der Waals surface area contributed by atoms with Crippen molar-refractivity contribution in [3.63, 3.8) is 0 Å². The topological polar surface area (TPSA) is 65.5 Å². The summed E-state index contributed by atoms with van der Waals surface area (Å²) < 4.78 is 19.2. The van der Waals surface area contributed by atoms with Crippen LogP contribution in [0.3, 0.4) is 0 Å². The number of hydrogen-bond acceptors (Lipinski definition) is 5. The van der Waals surface area contributed by atoms with Gasteiger partial charge in [-0.1, -0.05) is 48.0 Å². The van der Waals surface area contributed by atoms with Crippen LogP contribution >= 0.6 is 11.6 Å². The summed E-state index contributed by atoms with van der Waals surface area (Å²) in [4.78, 5) is 31.4. The van der Waals surface area contributed by atoms with Crippen LogP contribution < -0.4 is 0 Å². The van der Waals surface area contributed by atoms with E-state index in [4.69, 9.17) is 21.4 Å². The largest absolute Gasteiger partial charge is 0.379 e. The molecule has 7 nitrogen and oxygen atoms in total. The molecule has 9 heteroatoms. The van der Waals surface area contributed by atoms with Crippen molar-refractivity contribution in [3.8, 4) is 0 Å². The van der Waals surface area contributed by atoms with Gasteiger partial charge in [-0.3, -0.25) is 14.5 Å². The van der Waals surface area contributed by atoms with Gasteiger partial charge in [-0.05, 0) is 66.4 Å². The Kier molecular flexibility index (Phi) is 9.12. The quantitative estimate of drug-likeness (QED) is 0.367. The highest BCUT2D eigenvalue weighted by molar-refractivity contribution is 6.33. The van der Waals surface area contributed by atoms with E-state index < -0.39 is 6.04 Å². The van der Waals surface area contributed by atoms with E-state index in [1.807, 2.05) is 26.0 Å². The second-order valence-corrected chi connectivity index (χ2v) is 10.9. The summed E-state index contributed by atoms with van der Waals surface area (Å²) in [7, 11) is 0. The Morgan fingerprint density at radius 3 is 2.46 bits per heavy atom. The lowest BCUT2D eigenvalue weighted by Gasteiger charge is -2.31. The zero-order valence-electron chi connectivity index (χ0n) is 23.4. The average molecular weight is 577 g/mol. The van der Waals surface area contributed by atoms with Crippen LogP contribution in [-0.4, -0.2) is 78.3 Å². The lowest BCUT2D eigenvalue weighted by Crippen LogP contribution is -2.46. The van der Waals surface area contributed by atoms with E-state index in [9.17, 15) is 14.0 Å². The molecule has 0 bridgehead atoms. The first-order valence-corrected chi connectivity index (χ1v) is 14.2. The second kappa shape index (κ2) is 12.9. The maximum atomic E-state index is 14.0. The van der Waals surface area contributed by atoms with Gasteiger partial charge in [-0.2, -0.15) is 5.10 Å².